The molecule has 0 aliphatic carbocycles. The minimum absolute atomic E-state index is 0.0145. The molecule has 0 radical (unpaired) electrons. The van der Waals surface area contributed by atoms with Gasteiger partial charge in [-0.05, 0) is 18.6 Å². The van der Waals surface area contributed by atoms with Gasteiger partial charge in [0.2, 0.25) is 15.9 Å². The van der Waals surface area contributed by atoms with E-state index in [1.165, 1.54) is 6.07 Å². The number of nitrogens with two attached hydrogens (primary N) is 2. The fraction of sp³-hybridized carbons (Fsp3) is 0.300. The summed E-state index contributed by atoms with van der Waals surface area (Å²) in [5, 5.41) is 10.9. The topological polar surface area (TPSA) is 170 Å². The number of nitro groups is 1. The molecule has 0 aliphatic rings. The fourth-order valence-electron chi connectivity index (χ4n) is 1.52. The van der Waals surface area contributed by atoms with E-state index in [9.17, 15) is 23.3 Å². The Hall–Kier alpha value is -2.24. The number of hydrogen-bond donors (Lipinski definition) is 4. The number of carbonyl (C=O) groups is 1. The number of sulfonamides is 1. The molecular formula is C10H15N5O5S. The predicted molar refractivity (Wildman–Crippen MR) is 74.5 cm³/mol. The van der Waals surface area contributed by atoms with Crippen LogP contribution in [0.3, 0.4) is 0 Å². The van der Waals surface area contributed by atoms with Gasteiger partial charge in [0.25, 0.3) is 5.69 Å². The molecule has 1 aromatic rings. The van der Waals surface area contributed by atoms with Crippen LogP contribution in [-0.4, -0.2) is 25.8 Å². The highest BCUT2D eigenvalue weighted by Gasteiger charge is 2.25. The Kier molecular flexibility index (Phi) is 5.58. The van der Waals surface area contributed by atoms with Crippen LogP contribution >= 0.6 is 0 Å². The molecule has 1 rings (SSSR count). The third-order valence-corrected chi connectivity index (χ3v) is 4.01. The van der Waals surface area contributed by atoms with Crippen LogP contribution in [0.15, 0.2) is 23.1 Å². The zero-order chi connectivity index (χ0) is 16.0. The second kappa shape index (κ2) is 6.97. The quantitative estimate of drug-likeness (QED) is 0.215. The molecule has 0 unspecified atom stereocenters. The summed E-state index contributed by atoms with van der Waals surface area (Å²) in [7, 11) is -4.07. The van der Waals surface area contributed by atoms with Crippen molar-refractivity contribution < 1.29 is 18.1 Å². The average molecular weight is 317 g/mol. The summed E-state index contributed by atoms with van der Waals surface area (Å²) in [6.07, 6.45) is 0.214. The number of benzene rings is 1. The van der Waals surface area contributed by atoms with Gasteiger partial charge in [-0.1, -0.05) is 0 Å². The lowest BCUT2D eigenvalue weighted by Gasteiger charge is -2.08. The van der Waals surface area contributed by atoms with E-state index in [0.29, 0.717) is 0 Å². The highest BCUT2D eigenvalue weighted by molar-refractivity contribution is 7.89. The van der Waals surface area contributed by atoms with Crippen molar-refractivity contribution in [3.05, 3.63) is 28.3 Å². The van der Waals surface area contributed by atoms with Crippen molar-refractivity contribution in [1.82, 2.24) is 4.72 Å². The van der Waals surface area contributed by atoms with Gasteiger partial charge in [0.15, 0.2) is 4.90 Å². The van der Waals surface area contributed by atoms with Crippen LogP contribution in [0.2, 0.25) is 0 Å². The molecule has 10 nitrogen and oxygen atoms in total. The van der Waals surface area contributed by atoms with Crippen LogP contribution in [0.1, 0.15) is 12.8 Å². The number of nitrogens with zero attached hydrogens (tertiary/aromatic N) is 1. The molecule has 21 heavy (non-hydrogen) atoms. The van der Waals surface area contributed by atoms with Crippen LogP contribution in [0.5, 0.6) is 0 Å². The Morgan fingerprint density at radius 3 is 2.57 bits per heavy atom. The van der Waals surface area contributed by atoms with E-state index in [4.69, 9.17) is 11.6 Å². The number of hydrogen-bond acceptors (Lipinski definition) is 7. The second-order valence-electron chi connectivity index (χ2n) is 4.05. The maximum absolute atomic E-state index is 12.0. The van der Waals surface area contributed by atoms with Crippen LogP contribution in [0.4, 0.5) is 11.4 Å². The lowest BCUT2D eigenvalue weighted by molar-refractivity contribution is -0.387. The summed E-state index contributed by atoms with van der Waals surface area (Å²) < 4.78 is 26.2. The molecule has 0 bridgehead atoms. The van der Waals surface area contributed by atoms with Gasteiger partial charge < -0.3 is 11.2 Å². The van der Waals surface area contributed by atoms with E-state index >= 15 is 0 Å². The van der Waals surface area contributed by atoms with E-state index in [1.807, 2.05) is 0 Å². The Balaban J connectivity index is 2.97. The number of nitrogen functional groups attached to an aromatic ring is 1. The Labute approximate surface area is 120 Å². The number of nitrogens with one attached hydrogen (secondary N) is 2. The number of nitro benzene ring substituents is 1. The minimum Gasteiger partial charge on any atom is -0.370 e. The molecule has 0 saturated carbocycles. The molecule has 0 saturated heterocycles. The standard InChI is InChI=1S/C10H15N5O5S/c11-10(16)2-1-5-13-21(19,20)9-4-3-7(14-12)6-8(9)15(17)18/h3-4,6,13-14H,1-2,5,12H2,(H2,11,16). The molecule has 11 heteroatoms. The molecular weight excluding hydrogens is 302 g/mol. The van der Waals surface area contributed by atoms with E-state index in [2.05, 4.69) is 10.1 Å². The monoisotopic (exact) mass is 317 g/mol. The average Bonchev–Trinajstić information content (AvgIpc) is 2.42. The summed E-state index contributed by atoms with van der Waals surface area (Å²) in [4.78, 5) is 20.2. The number of anilines is 1. The van der Waals surface area contributed by atoms with Crippen molar-refractivity contribution in [3.8, 4) is 0 Å². The van der Waals surface area contributed by atoms with Crippen molar-refractivity contribution in [2.24, 2.45) is 11.6 Å². The summed E-state index contributed by atoms with van der Waals surface area (Å²) in [6.45, 7) is -0.0562. The zero-order valence-corrected chi connectivity index (χ0v) is 11.7. The first-order chi connectivity index (χ1) is 9.77. The van der Waals surface area contributed by atoms with Crippen LogP contribution < -0.4 is 21.7 Å². The number of rotatable bonds is 8. The number of carbonyl (C=O) groups excluding carboxylic acids is 1. The molecule has 116 valence electrons. The Morgan fingerprint density at radius 1 is 1.38 bits per heavy atom. The SMILES string of the molecule is NNc1ccc(S(=O)(=O)NCCCC(N)=O)c([N+](=O)[O-])c1. The molecule has 1 amide bonds. The number of hydrazine groups is 1. The molecule has 0 fully saturated rings. The molecule has 0 atom stereocenters. The van der Waals surface area contributed by atoms with Crippen LogP contribution in [0, 0.1) is 10.1 Å². The molecule has 1 aromatic carbocycles. The summed E-state index contributed by atoms with van der Waals surface area (Å²) in [5.74, 6) is 4.57. The summed E-state index contributed by atoms with van der Waals surface area (Å²) >= 11 is 0. The first kappa shape index (κ1) is 16.8. The highest BCUT2D eigenvalue weighted by Crippen LogP contribution is 2.26. The van der Waals surface area contributed by atoms with E-state index in [-0.39, 0.29) is 25.1 Å². The van der Waals surface area contributed by atoms with Crippen molar-refractivity contribution in [1.29, 1.82) is 0 Å². The third-order valence-electron chi connectivity index (χ3n) is 2.50. The third kappa shape index (κ3) is 4.66. The lowest BCUT2D eigenvalue weighted by Crippen LogP contribution is -2.26. The highest BCUT2D eigenvalue weighted by atomic mass is 32.2. The maximum Gasteiger partial charge on any atom is 0.291 e. The largest absolute Gasteiger partial charge is 0.370 e. The van der Waals surface area contributed by atoms with Gasteiger partial charge in [0, 0.05) is 19.0 Å². The lowest BCUT2D eigenvalue weighted by atomic mass is 10.3. The van der Waals surface area contributed by atoms with Crippen LogP contribution in [0.25, 0.3) is 0 Å². The van der Waals surface area contributed by atoms with Gasteiger partial charge in [-0.3, -0.25) is 20.8 Å². The minimum atomic E-state index is -4.07. The van der Waals surface area contributed by atoms with Gasteiger partial charge in [-0.25, -0.2) is 13.1 Å². The van der Waals surface area contributed by atoms with Gasteiger partial charge in [0.1, 0.15) is 0 Å². The molecule has 6 N–H and O–H groups in total. The number of primary amides is 1. The first-order valence-electron chi connectivity index (χ1n) is 5.81. The van der Waals surface area contributed by atoms with Crippen molar-refractivity contribution in [2.75, 3.05) is 12.0 Å². The second-order valence-corrected chi connectivity index (χ2v) is 5.79. The van der Waals surface area contributed by atoms with Gasteiger partial charge >= 0.3 is 0 Å². The first-order valence-corrected chi connectivity index (χ1v) is 7.29. The Morgan fingerprint density at radius 2 is 2.05 bits per heavy atom. The van der Waals surface area contributed by atoms with E-state index in [1.54, 1.807) is 0 Å². The maximum atomic E-state index is 12.0. The smallest absolute Gasteiger partial charge is 0.291 e. The number of amides is 1. The molecule has 0 spiro atoms. The van der Waals surface area contributed by atoms with E-state index < -0.39 is 31.4 Å². The predicted octanol–water partition coefficient (Wildman–Crippen LogP) is -0.576. The van der Waals surface area contributed by atoms with Gasteiger partial charge in [-0.2, -0.15) is 0 Å². The fourth-order valence-corrected chi connectivity index (χ4v) is 2.75. The van der Waals surface area contributed by atoms with Crippen LogP contribution in [-0.2, 0) is 14.8 Å². The molecule has 0 aliphatic heterocycles. The van der Waals surface area contributed by atoms with Crippen molar-refractivity contribution in [3.63, 3.8) is 0 Å². The summed E-state index contributed by atoms with van der Waals surface area (Å²) in [5.41, 5.74) is 6.72. The summed E-state index contributed by atoms with van der Waals surface area (Å²) in [6, 6.07) is 3.38. The van der Waals surface area contributed by atoms with E-state index in [0.717, 1.165) is 12.1 Å². The normalized spacial score (nSPS) is 11.1. The van der Waals surface area contributed by atoms with Gasteiger partial charge in [-0.15, -0.1) is 0 Å². The molecule has 0 aromatic heterocycles. The van der Waals surface area contributed by atoms with Gasteiger partial charge in [0.05, 0.1) is 10.6 Å². The molecule has 0 heterocycles. The Bertz CT molecular complexity index is 645. The zero-order valence-electron chi connectivity index (χ0n) is 10.9. The van der Waals surface area contributed by atoms with Crippen molar-refractivity contribution >= 4 is 27.3 Å². The van der Waals surface area contributed by atoms with Crippen molar-refractivity contribution in [2.45, 2.75) is 17.7 Å².